The number of hydrogen-bond acceptors (Lipinski definition) is 1. The Morgan fingerprint density at radius 1 is 1.44 bits per heavy atom. The molecule has 0 saturated carbocycles. The fraction of sp³-hybridized carbons (Fsp3) is 0.286. The van der Waals surface area contributed by atoms with Crippen molar-refractivity contribution in [2.75, 3.05) is 0 Å². The molecular formula is C7H7ClO. The predicted octanol–water partition coefficient (Wildman–Crippen LogP) is 2.03. The predicted molar refractivity (Wildman–Crippen MR) is 37.3 cm³/mol. The Hall–Kier alpha value is -0.560. The third-order valence-corrected chi connectivity index (χ3v) is 1.69. The van der Waals surface area contributed by atoms with Crippen molar-refractivity contribution in [3.05, 3.63) is 22.8 Å². The van der Waals surface area contributed by atoms with Crippen LogP contribution >= 0.6 is 11.6 Å². The van der Waals surface area contributed by atoms with E-state index < -0.39 is 0 Å². The first kappa shape index (κ1) is 6.56. The van der Waals surface area contributed by atoms with E-state index in [1.54, 1.807) is 0 Å². The highest BCUT2D eigenvalue weighted by atomic mass is 35.5. The SMILES string of the molecule is O=CC1=C(Cl)CC=CC1. The maximum Gasteiger partial charge on any atom is 0.147 e. The van der Waals surface area contributed by atoms with E-state index in [9.17, 15) is 4.79 Å². The average molecular weight is 143 g/mol. The van der Waals surface area contributed by atoms with Gasteiger partial charge >= 0.3 is 0 Å². The highest BCUT2D eigenvalue weighted by molar-refractivity contribution is 6.31. The molecule has 0 saturated heterocycles. The second kappa shape index (κ2) is 2.83. The minimum Gasteiger partial charge on any atom is -0.298 e. The first-order valence-corrected chi connectivity index (χ1v) is 3.20. The first-order chi connectivity index (χ1) is 4.34. The van der Waals surface area contributed by atoms with Crippen LogP contribution in [-0.2, 0) is 4.79 Å². The summed E-state index contributed by atoms with van der Waals surface area (Å²) < 4.78 is 0. The van der Waals surface area contributed by atoms with Gasteiger partial charge in [-0.3, -0.25) is 4.79 Å². The van der Waals surface area contributed by atoms with Crippen molar-refractivity contribution in [3.8, 4) is 0 Å². The molecule has 1 aliphatic rings. The molecule has 0 spiro atoms. The van der Waals surface area contributed by atoms with Gasteiger partial charge in [0.2, 0.25) is 0 Å². The van der Waals surface area contributed by atoms with E-state index in [-0.39, 0.29) is 0 Å². The number of halogens is 1. The third kappa shape index (κ3) is 1.42. The van der Waals surface area contributed by atoms with E-state index in [1.165, 1.54) is 0 Å². The molecule has 1 aliphatic carbocycles. The van der Waals surface area contributed by atoms with E-state index in [0.29, 0.717) is 11.5 Å². The summed E-state index contributed by atoms with van der Waals surface area (Å²) in [5.41, 5.74) is 0.721. The highest BCUT2D eigenvalue weighted by Gasteiger charge is 2.03. The Balaban J connectivity index is 2.75. The van der Waals surface area contributed by atoms with Gasteiger partial charge in [-0.15, -0.1) is 0 Å². The quantitative estimate of drug-likeness (QED) is 0.405. The zero-order chi connectivity index (χ0) is 6.69. The van der Waals surface area contributed by atoms with Crippen LogP contribution in [0.2, 0.25) is 0 Å². The maximum absolute atomic E-state index is 10.2. The van der Waals surface area contributed by atoms with Gasteiger partial charge < -0.3 is 0 Å². The molecule has 0 aliphatic heterocycles. The van der Waals surface area contributed by atoms with Gasteiger partial charge in [0.25, 0.3) is 0 Å². The van der Waals surface area contributed by atoms with E-state index in [0.717, 1.165) is 18.3 Å². The molecule has 0 aromatic carbocycles. The number of aldehydes is 1. The van der Waals surface area contributed by atoms with Crippen LogP contribution in [0.1, 0.15) is 12.8 Å². The topological polar surface area (TPSA) is 17.1 Å². The minimum absolute atomic E-state index is 0.688. The van der Waals surface area contributed by atoms with Gasteiger partial charge in [-0.2, -0.15) is 0 Å². The summed E-state index contributed by atoms with van der Waals surface area (Å²) in [4.78, 5) is 10.2. The number of hydrogen-bond donors (Lipinski definition) is 0. The standard InChI is InChI=1S/C7H7ClO/c8-7-4-2-1-3-6(7)5-9/h1-2,5H,3-4H2. The summed E-state index contributed by atoms with van der Waals surface area (Å²) in [6, 6.07) is 0. The maximum atomic E-state index is 10.2. The first-order valence-electron chi connectivity index (χ1n) is 2.82. The van der Waals surface area contributed by atoms with E-state index in [4.69, 9.17) is 11.6 Å². The van der Waals surface area contributed by atoms with Crippen LogP contribution in [0.5, 0.6) is 0 Å². The van der Waals surface area contributed by atoms with Crippen LogP contribution in [0.4, 0.5) is 0 Å². The summed E-state index contributed by atoms with van der Waals surface area (Å²) >= 11 is 5.68. The van der Waals surface area contributed by atoms with Crippen LogP contribution in [0.25, 0.3) is 0 Å². The monoisotopic (exact) mass is 142 g/mol. The van der Waals surface area contributed by atoms with Gasteiger partial charge in [0.05, 0.1) is 0 Å². The van der Waals surface area contributed by atoms with Crippen molar-refractivity contribution in [1.82, 2.24) is 0 Å². The van der Waals surface area contributed by atoms with Crippen molar-refractivity contribution in [2.24, 2.45) is 0 Å². The Bertz CT molecular complexity index is 179. The van der Waals surface area contributed by atoms with E-state index in [2.05, 4.69) is 0 Å². The largest absolute Gasteiger partial charge is 0.298 e. The summed E-state index contributed by atoms with van der Waals surface area (Å²) in [5, 5.41) is 0.688. The van der Waals surface area contributed by atoms with Gasteiger partial charge in [-0.1, -0.05) is 23.8 Å². The van der Waals surface area contributed by atoms with Crippen molar-refractivity contribution < 1.29 is 4.79 Å². The average Bonchev–Trinajstić information content (AvgIpc) is 1.89. The van der Waals surface area contributed by atoms with Crippen molar-refractivity contribution >= 4 is 17.9 Å². The molecule has 2 heteroatoms. The number of allylic oxidation sites excluding steroid dienone is 4. The summed E-state index contributed by atoms with van der Waals surface area (Å²) in [6.07, 6.45) is 6.16. The van der Waals surface area contributed by atoms with E-state index >= 15 is 0 Å². The van der Waals surface area contributed by atoms with Gasteiger partial charge in [-0.05, 0) is 6.42 Å². The molecule has 0 aromatic rings. The molecule has 0 fully saturated rings. The lowest BCUT2D eigenvalue weighted by Crippen LogP contribution is -1.90. The Kier molecular flexibility index (Phi) is 2.06. The molecule has 1 nitrogen and oxygen atoms in total. The fourth-order valence-corrected chi connectivity index (χ4v) is 0.962. The number of rotatable bonds is 1. The van der Waals surface area contributed by atoms with Crippen LogP contribution in [0.15, 0.2) is 22.8 Å². The highest BCUT2D eigenvalue weighted by Crippen LogP contribution is 2.20. The number of carbonyl (C=O) groups is 1. The zero-order valence-corrected chi connectivity index (χ0v) is 5.69. The van der Waals surface area contributed by atoms with Gasteiger partial charge in [-0.25, -0.2) is 0 Å². The Labute approximate surface area is 59.0 Å². The van der Waals surface area contributed by atoms with Crippen LogP contribution in [0, 0.1) is 0 Å². The molecule has 0 heterocycles. The number of carbonyl (C=O) groups excluding carboxylic acids is 1. The zero-order valence-electron chi connectivity index (χ0n) is 4.93. The lowest BCUT2D eigenvalue weighted by atomic mass is 10.1. The Morgan fingerprint density at radius 3 is 2.56 bits per heavy atom. The molecule has 1 rings (SSSR count). The molecule has 0 N–H and O–H groups in total. The van der Waals surface area contributed by atoms with Gasteiger partial charge in [0.1, 0.15) is 6.29 Å². The lowest BCUT2D eigenvalue weighted by molar-refractivity contribution is -0.105. The molecule has 48 valence electrons. The van der Waals surface area contributed by atoms with E-state index in [1.807, 2.05) is 12.2 Å². The van der Waals surface area contributed by atoms with Crippen molar-refractivity contribution in [3.63, 3.8) is 0 Å². The normalized spacial score (nSPS) is 18.3. The van der Waals surface area contributed by atoms with Crippen molar-refractivity contribution in [2.45, 2.75) is 12.8 Å². The molecule has 0 bridgehead atoms. The molecule has 0 aromatic heterocycles. The van der Waals surface area contributed by atoms with Crippen LogP contribution in [0.3, 0.4) is 0 Å². The molecule has 0 amide bonds. The smallest absolute Gasteiger partial charge is 0.147 e. The second-order valence-corrected chi connectivity index (χ2v) is 2.38. The second-order valence-electron chi connectivity index (χ2n) is 1.93. The van der Waals surface area contributed by atoms with Crippen LogP contribution in [-0.4, -0.2) is 6.29 Å². The van der Waals surface area contributed by atoms with Gasteiger partial charge in [0, 0.05) is 17.0 Å². The molecule has 9 heavy (non-hydrogen) atoms. The fourth-order valence-electron chi connectivity index (χ4n) is 0.751. The molecule has 0 radical (unpaired) electrons. The summed E-state index contributed by atoms with van der Waals surface area (Å²) in [5.74, 6) is 0. The third-order valence-electron chi connectivity index (χ3n) is 1.29. The van der Waals surface area contributed by atoms with Gasteiger partial charge in [0.15, 0.2) is 0 Å². The summed E-state index contributed by atoms with van der Waals surface area (Å²) in [7, 11) is 0. The minimum atomic E-state index is 0.688. The summed E-state index contributed by atoms with van der Waals surface area (Å²) in [6.45, 7) is 0. The molecular weight excluding hydrogens is 136 g/mol. The molecule has 0 atom stereocenters. The lowest BCUT2D eigenvalue weighted by Gasteiger charge is -2.03. The Morgan fingerprint density at radius 2 is 2.11 bits per heavy atom. The molecule has 0 unspecified atom stereocenters. The van der Waals surface area contributed by atoms with Crippen LogP contribution < -0.4 is 0 Å². The van der Waals surface area contributed by atoms with Crippen molar-refractivity contribution in [1.29, 1.82) is 0 Å².